The Kier molecular flexibility index (Phi) is 6.08. The number of aliphatic hydroxyl groups excluding tert-OH is 1. The van der Waals surface area contributed by atoms with E-state index in [1.807, 2.05) is 0 Å². The van der Waals surface area contributed by atoms with Crippen LogP contribution in [0.25, 0.3) is 10.8 Å². The average molecular weight is 400 g/mol. The zero-order valence-corrected chi connectivity index (χ0v) is 18.4. The molecule has 1 aliphatic carbocycles. The van der Waals surface area contributed by atoms with Gasteiger partial charge < -0.3 is 5.11 Å². The summed E-state index contributed by atoms with van der Waals surface area (Å²) in [5.74, 6) is 0.491. The predicted octanol–water partition coefficient (Wildman–Crippen LogP) is 6.46. The van der Waals surface area contributed by atoms with Crippen molar-refractivity contribution in [3.63, 3.8) is 0 Å². The molecule has 2 unspecified atom stereocenters. The molecule has 0 bridgehead atoms. The minimum Gasteiger partial charge on any atom is -0.392 e. The molecule has 0 aliphatic heterocycles. The molecule has 2 nitrogen and oxygen atoms in total. The molecular weight excluding hydrogens is 366 g/mol. The van der Waals surface area contributed by atoms with Crippen molar-refractivity contribution >= 4 is 10.8 Å². The Morgan fingerprint density at radius 1 is 1.03 bits per heavy atom. The minimum atomic E-state index is -0.373. The highest BCUT2D eigenvalue weighted by Gasteiger charge is 2.33. The lowest BCUT2D eigenvalue weighted by molar-refractivity contribution is 0.108. The first kappa shape index (κ1) is 20.8. The second kappa shape index (κ2) is 8.75. The zero-order chi connectivity index (χ0) is 21.3. The lowest BCUT2D eigenvalue weighted by atomic mass is 9.72. The number of rotatable bonds is 5. The smallest absolute Gasteiger partial charge is 0.0648 e. The highest BCUT2D eigenvalue weighted by atomic mass is 16.3. The van der Waals surface area contributed by atoms with Crippen LogP contribution in [0.15, 0.2) is 78.9 Å². The van der Waals surface area contributed by atoms with Crippen LogP contribution in [0, 0.1) is 5.92 Å². The first-order valence-corrected chi connectivity index (χ1v) is 11.1. The van der Waals surface area contributed by atoms with E-state index in [-0.39, 0.29) is 12.0 Å². The van der Waals surface area contributed by atoms with E-state index in [1.165, 1.54) is 27.5 Å². The molecule has 0 saturated heterocycles. The van der Waals surface area contributed by atoms with Crippen LogP contribution < -0.4 is 0 Å². The van der Waals surface area contributed by atoms with Crippen molar-refractivity contribution in [1.82, 2.24) is 4.90 Å². The summed E-state index contributed by atoms with van der Waals surface area (Å²) in [5, 5.41) is 13.6. The highest BCUT2D eigenvalue weighted by Crippen LogP contribution is 2.43. The van der Waals surface area contributed by atoms with Crippen LogP contribution in [-0.4, -0.2) is 23.2 Å². The van der Waals surface area contributed by atoms with Gasteiger partial charge in [-0.2, -0.15) is 0 Å². The Morgan fingerprint density at radius 2 is 1.73 bits per heavy atom. The Morgan fingerprint density at radius 3 is 2.47 bits per heavy atom. The van der Waals surface area contributed by atoms with Gasteiger partial charge in [-0.15, -0.1) is 0 Å². The van der Waals surface area contributed by atoms with Crippen molar-refractivity contribution in [3.05, 3.63) is 95.6 Å². The summed E-state index contributed by atoms with van der Waals surface area (Å²) in [5.41, 5.74) is 5.04. The summed E-state index contributed by atoms with van der Waals surface area (Å²) in [4.78, 5) is 2.39. The van der Waals surface area contributed by atoms with Crippen LogP contribution in [0.3, 0.4) is 0 Å². The first-order chi connectivity index (χ1) is 14.5. The van der Waals surface area contributed by atoms with E-state index < -0.39 is 0 Å². The van der Waals surface area contributed by atoms with E-state index in [2.05, 4.69) is 99.1 Å². The molecule has 1 N–H and O–H groups in total. The Labute approximate surface area is 180 Å². The lowest BCUT2D eigenvalue weighted by Gasteiger charge is -2.36. The van der Waals surface area contributed by atoms with E-state index in [0.29, 0.717) is 12.0 Å². The summed E-state index contributed by atoms with van der Waals surface area (Å²) in [6, 6.07) is 24.0. The van der Waals surface area contributed by atoms with Crippen LogP contribution in [0.4, 0.5) is 0 Å². The standard InChI is InChI=1S/C28H33NO/c1-19-16-20(2)27(26(30)17-19)28-24(15-14-23-12-8-9-13-25(23)28)18-29(4)21(3)22-10-6-5-7-11-22/h5-15,19,21,26-27,30H,2,16-18H2,1,3-4H3/t19-,21-,26?,27?/m1/s1. The third-order valence-corrected chi connectivity index (χ3v) is 6.81. The van der Waals surface area contributed by atoms with Gasteiger partial charge in [0.25, 0.3) is 0 Å². The molecule has 4 rings (SSSR count). The zero-order valence-electron chi connectivity index (χ0n) is 18.4. The molecule has 0 aromatic heterocycles. The second-order valence-electron chi connectivity index (χ2n) is 9.11. The quantitative estimate of drug-likeness (QED) is 0.497. The van der Waals surface area contributed by atoms with Crippen molar-refractivity contribution in [1.29, 1.82) is 0 Å². The molecule has 1 aliphatic rings. The maximum absolute atomic E-state index is 11.1. The van der Waals surface area contributed by atoms with E-state index >= 15 is 0 Å². The van der Waals surface area contributed by atoms with Crippen molar-refractivity contribution in [3.8, 4) is 0 Å². The van der Waals surface area contributed by atoms with Gasteiger partial charge in [0.15, 0.2) is 0 Å². The number of hydrogen-bond acceptors (Lipinski definition) is 2. The summed E-state index contributed by atoms with van der Waals surface area (Å²) < 4.78 is 0. The van der Waals surface area contributed by atoms with Crippen molar-refractivity contribution in [2.45, 2.75) is 51.3 Å². The Bertz CT molecular complexity index is 1030. The van der Waals surface area contributed by atoms with Gasteiger partial charge in [0, 0.05) is 18.5 Å². The van der Waals surface area contributed by atoms with Gasteiger partial charge in [-0.3, -0.25) is 4.90 Å². The summed E-state index contributed by atoms with van der Waals surface area (Å²) in [7, 11) is 2.19. The molecular formula is C28H33NO. The van der Waals surface area contributed by atoms with Gasteiger partial charge in [-0.1, -0.05) is 85.8 Å². The number of nitrogens with zero attached hydrogens (tertiary/aromatic N) is 1. The first-order valence-electron chi connectivity index (χ1n) is 11.1. The molecule has 0 radical (unpaired) electrons. The average Bonchev–Trinajstić information content (AvgIpc) is 2.74. The molecule has 156 valence electrons. The molecule has 4 atom stereocenters. The van der Waals surface area contributed by atoms with Gasteiger partial charge in [0.1, 0.15) is 0 Å². The fourth-order valence-corrected chi connectivity index (χ4v) is 5.11. The third-order valence-electron chi connectivity index (χ3n) is 6.81. The van der Waals surface area contributed by atoms with Crippen LogP contribution >= 0.6 is 0 Å². The highest BCUT2D eigenvalue weighted by molar-refractivity contribution is 5.88. The molecule has 3 aromatic carbocycles. The van der Waals surface area contributed by atoms with Crippen LogP contribution in [0.5, 0.6) is 0 Å². The Hall–Kier alpha value is -2.42. The van der Waals surface area contributed by atoms with Gasteiger partial charge in [-0.05, 0) is 60.2 Å². The van der Waals surface area contributed by atoms with Crippen molar-refractivity contribution < 1.29 is 5.11 Å². The van der Waals surface area contributed by atoms with E-state index in [0.717, 1.165) is 25.0 Å². The monoisotopic (exact) mass is 399 g/mol. The topological polar surface area (TPSA) is 23.5 Å². The summed E-state index contributed by atoms with van der Waals surface area (Å²) >= 11 is 0. The fourth-order valence-electron chi connectivity index (χ4n) is 5.11. The second-order valence-corrected chi connectivity index (χ2v) is 9.11. The third kappa shape index (κ3) is 4.08. The lowest BCUT2D eigenvalue weighted by Crippen LogP contribution is -2.30. The summed E-state index contributed by atoms with van der Waals surface area (Å²) in [6.07, 6.45) is 1.45. The van der Waals surface area contributed by atoms with Crippen molar-refractivity contribution in [2.24, 2.45) is 5.92 Å². The van der Waals surface area contributed by atoms with Crippen molar-refractivity contribution in [2.75, 3.05) is 7.05 Å². The number of benzene rings is 3. The summed E-state index contributed by atoms with van der Waals surface area (Å²) in [6.45, 7) is 9.71. The molecule has 0 amide bonds. The van der Waals surface area contributed by atoms with E-state index in [4.69, 9.17) is 0 Å². The fraction of sp³-hybridized carbons (Fsp3) is 0.357. The minimum absolute atomic E-state index is 0.00253. The molecule has 0 heterocycles. The maximum atomic E-state index is 11.1. The Balaban J connectivity index is 1.75. The van der Waals surface area contributed by atoms with E-state index in [1.54, 1.807) is 0 Å². The van der Waals surface area contributed by atoms with E-state index in [9.17, 15) is 5.11 Å². The molecule has 3 aromatic rings. The van der Waals surface area contributed by atoms with Gasteiger partial charge >= 0.3 is 0 Å². The van der Waals surface area contributed by atoms with Crippen LogP contribution in [0.1, 0.15) is 55.3 Å². The normalized spacial score (nSPS) is 23.1. The van der Waals surface area contributed by atoms with Crippen LogP contribution in [0.2, 0.25) is 0 Å². The van der Waals surface area contributed by atoms with Gasteiger partial charge in [-0.25, -0.2) is 0 Å². The molecule has 0 spiro atoms. The van der Waals surface area contributed by atoms with Gasteiger partial charge in [0.2, 0.25) is 0 Å². The molecule has 1 saturated carbocycles. The largest absolute Gasteiger partial charge is 0.392 e. The maximum Gasteiger partial charge on any atom is 0.0648 e. The predicted molar refractivity (Wildman–Crippen MR) is 127 cm³/mol. The molecule has 1 fully saturated rings. The van der Waals surface area contributed by atoms with Gasteiger partial charge in [0.05, 0.1) is 6.10 Å². The van der Waals surface area contributed by atoms with Crippen LogP contribution in [-0.2, 0) is 6.54 Å². The number of fused-ring (bicyclic) bond motifs is 1. The molecule has 30 heavy (non-hydrogen) atoms. The SMILES string of the molecule is C=C1C[C@@H](C)CC(O)C1c1c(CN(C)[C@H](C)c2ccccc2)ccc2ccccc12. The number of aliphatic hydroxyl groups is 1. The molecule has 2 heteroatoms. The number of hydrogen-bond donors (Lipinski definition) is 1.